The second kappa shape index (κ2) is 7.71. The minimum atomic E-state index is -0.613. The molecule has 0 spiro atoms. The second-order valence-corrected chi connectivity index (χ2v) is 5.52. The summed E-state index contributed by atoms with van der Waals surface area (Å²) in [6, 6.07) is 16.0. The number of halogens is 1. The van der Waals surface area contributed by atoms with E-state index in [1.165, 1.54) is 22.6 Å². The van der Waals surface area contributed by atoms with Gasteiger partial charge in [-0.05, 0) is 19.1 Å². The molecule has 0 bridgehead atoms. The van der Waals surface area contributed by atoms with Crippen molar-refractivity contribution in [2.75, 3.05) is 13.6 Å². The van der Waals surface area contributed by atoms with E-state index in [4.69, 9.17) is 4.74 Å². The molecule has 1 N–H and O–H groups in total. The third kappa shape index (κ3) is 4.67. The molecule has 0 saturated heterocycles. The largest absolute Gasteiger partial charge is 0.453 e. The van der Waals surface area contributed by atoms with Crippen molar-refractivity contribution in [2.24, 2.45) is 0 Å². The number of quaternary nitrogens is 1. The molecule has 2 aromatic rings. The van der Waals surface area contributed by atoms with Crippen LogP contribution in [0.4, 0.5) is 4.39 Å². The van der Waals surface area contributed by atoms with Crippen LogP contribution < -0.4 is 4.90 Å². The fraction of sp³-hybridized carbons (Fsp3) is 0.278. The molecule has 0 fully saturated rings. The van der Waals surface area contributed by atoms with Crippen molar-refractivity contribution in [1.29, 1.82) is 0 Å². The molecule has 2 aromatic carbocycles. The van der Waals surface area contributed by atoms with Crippen LogP contribution in [0.25, 0.3) is 0 Å². The highest BCUT2D eigenvalue weighted by atomic mass is 19.1. The van der Waals surface area contributed by atoms with E-state index in [-0.39, 0.29) is 11.7 Å². The maximum Gasteiger partial charge on any atom is 0.341 e. The molecule has 3 nitrogen and oxygen atoms in total. The Kier molecular flexibility index (Phi) is 5.67. The Balaban J connectivity index is 1.86. The van der Waals surface area contributed by atoms with Gasteiger partial charge in [0.25, 0.3) is 0 Å². The summed E-state index contributed by atoms with van der Waals surface area (Å²) in [5.41, 5.74) is 1.21. The normalized spacial score (nSPS) is 13.4. The van der Waals surface area contributed by atoms with Crippen molar-refractivity contribution >= 4 is 5.97 Å². The fourth-order valence-electron chi connectivity index (χ4n) is 2.42. The average molecular weight is 302 g/mol. The predicted molar refractivity (Wildman–Crippen MR) is 83.2 cm³/mol. The Bertz CT molecular complexity index is 615. The van der Waals surface area contributed by atoms with Gasteiger partial charge in [0.05, 0.1) is 12.6 Å². The van der Waals surface area contributed by atoms with Gasteiger partial charge < -0.3 is 9.64 Å². The Morgan fingerprint density at radius 2 is 1.77 bits per heavy atom. The molecule has 116 valence electrons. The molecule has 0 radical (unpaired) electrons. The van der Waals surface area contributed by atoms with Crippen LogP contribution in [0.3, 0.4) is 0 Å². The summed E-state index contributed by atoms with van der Waals surface area (Å²) in [6.07, 6.45) is -0.282. The maximum atomic E-state index is 13.5. The van der Waals surface area contributed by atoms with Crippen molar-refractivity contribution in [3.05, 3.63) is 71.5 Å². The van der Waals surface area contributed by atoms with Crippen LogP contribution in [0.15, 0.2) is 54.6 Å². The highest BCUT2D eigenvalue weighted by Crippen LogP contribution is 2.09. The van der Waals surface area contributed by atoms with E-state index in [1.54, 1.807) is 12.1 Å². The SMILES string of the molecule is C[C@H](C[NH+](C)Cc1ccccc1)OC(=O)c1ccccc1F. The van der Waals surface area contributed by atoms with Gasteiger partial charge in [-0.3, -0.25) is 0 Å². The van der Waals surface area contributed by atoms with Crippen LogP contribution in [-0.4, -0.2) is 25.7 Å². The Morgan fingerprint density at radius 1 is 1.14 bits per heavy atom. The Hall–Kier alpha value is -2.20. The number of benzene rings is 2. The van der Waals surface area contributed by atoms with Gasteiger partial charge in [-0.1, -0.05) is 42.5 Å². The lowest BCUT2D eigenvalue weighted by Crippen LogP contribution is -3.08. The number of hydrogen-bond acceptors (Lipinski definition) is 2. The highest BCUT2D eigenvalue weighted by Gasteiger charge is 2.18. The van der Waals surface area contributed by atoms with Gasteiger partial charge in [-0.25, -0.2) is 9.18 Å². The topological polar surface area (TPSA) is 30.7 Å². The number of carbonyl (C=O) groups is 1. The molecular formula is C18H21FNO2+. The van der Waals surface area contributed by atoms with Crippen LogP contribution in [0.5, 0.6) is 0 Å². The number of esters is 1. The molecule has 1 unspecified atom stereocenters. The molecule has 4 heteroatoms. The van der Waals surface area contributed by atoms with Crippen molar-refractivity contribution in [3.63, 3.8) is 0 Å². The quantitative estimate of drug-likeness (QED) is 0.828. The number of carbonyl (C=O) groups excluding carboxylic acids is 1. The zero-order valence-electron chi connectivity index (χ0n) is 12.9. The molecule has 0 aliphatic carbocycles. The molecule has 2 atom stereocenters. The fourth-order valence-corrected chi connectivity index (χ4v) is 2.42. The number of ether oxygens (including phenoxy) is 1. The summed E-state index contributed by atoms with van der Waals surface area (Å²) >= 11 is 0. The first-order valence-electron chi connectivity index (χ1n) is 7.37. The van der Waals surface area contributed by atoms with Crippen LogP contribution in [0.1, 0.15) is 22.8 Å². The molecule has 0 heterocycles. The van der Waals surface area contributed by atoms with Gasteiger partial charge in [0.2, 0.25) is 0 Å². The van der Waals surface area contributed by atoms with E-state index in [0.29, 0.717) is 6.54 Å². The van der Waals surface area contributed by atoms with Crippen LogP contribution >= 0.6 is 0 Å². The molecule has 0 amide bonds. The van der Waals surface area contributed by atoms with Crippen molar-refractivity contribution in [3.8, 4) is 0 Å². The van der Waals surface area contributed by atoms with Crippen molar-refractivity contribution < 1.29 is 18.8 Å². The summed E-state index contributed by atoms with van der Waals surface area (Å²) in [7, 11) is 2.04. The third-order valence-corrected chi connectivity index (χ3v) is 3.39. The Labute approximate surface area is 130 Å². The highest BCUT2D eigenvalue weighted by molar-refractivity contribution is 5.89. The summed E-state index contributed by atoms with van der Waals surface area (Å²) in [5.74, 6) is -1.16. The molecule has 0 aromatic heterocycles. The Morgan fingerprint density at radius 3 is 2.45 bits per heavy atom. The molecular weight excluding hydrogens is 281 g/mol. The lowest BCUT2D eigenvalue weighted by Gasteiger charge is -2.19. The maximum absolute atomic E-state index is 13.5. The van der Waals surface area contributed by atoms with Gasteiger partial charge in [-0.15, -0.1) is 0 Å². The van der Waals surface area contributed by atoms with E-state index >= 15 is 0 Å². The second-order valence-electron chi connectivity index (χ2n) is 5.52. The molecule has 0 aliphatic heterocycles. The van der Waals surface area contributed by atoms with Gasteiger partial charge in [0.15, 0.2) is 0 Å². The first-order chi connectivity index (χ1) is 10.6. The zero-order chi connectivity index (χ0) is 15.9. The summed E-state index contributed by atoms with van der Waals surface area (Å²) in [6.45, 7) is 3.34. The minimum absolute atomic E-state index is 0.0185. The smallest absolute Gasteiger partial charge is 0.341 e. The lowest BCUT2D eigenvalue weighted by atomic mass is 10.2. The van der Waals surface area contributed by atoms with Crippen LogP contribution in [0.2, 0.25) is 0 Å². The number of hydrogen-bond donors (Lipinski definition) is 1. The van der Waals surface area contributed by atoms with Gasteiger partial charge in [-0.2, -0.15) is 0 Å². The first-order valence-corrected chi connectivity index (χ1v) is 7.37. The standard InChI is InChI=1S/C18H20FNO2/c1-14(12-20(2)13-15-8-4-3-5-9-15)22-18(21)16-10-6-7-11-17(16)19/h3-11,14H,12-13H2,1-2H3/p+1/t14-/m1/s1. The van der Waals surface area contributed by atoms with E-state index in [0.717, 1.165) is 6.54 Å². The molecule has 22 heavy (non-hydrogen) atoms. The molecule has 0 aliphatic rings. The number of nitrogens with one attached hydrogen (secondary N) is 1. The monoisotopic (exact) mass is 302 g/mol. The third-order valence-electron chi connectivity index (χ3n) is 3.39. The molecule has 2 rings (SSSR count). The first kappa shape index (κ1) is 16.2. The van der Waals surface area contributed by atoms with Crippen molar-refractivity contribution in [2.45, 2.75) is 19.6 Å². The summed E-state index contributed by atoms with van der Waals surface area (Å²) < 4.78 is 18.9. The van der Waals surface area contributed by atoms with E-state index in [9.17, 15) is 9.18 Å². The van der Waals surface area contributed by atoms with Gasteiger partial charge in [0, 0.05) is 5.56 Å². The lowest BCUT2D eigenvalue weighted by molar-refractivity contribution is -0.896. The van der Waals surface area contributed by atoms with E-state index < -0.39 is 11.8 Å². The van der Waals surface area contributed by atoms with Gasteiger partial charge in [0.1, 0.15) is 25.0 Å². The summed E-state index contributed by atoms with van der Waals surface area (Å²) in [4.78, 5) is 13.2. The zero-order valence-corrected chi connectivity index (χ0v) is 12.9. The van der Waals surface area contributed by atoms with E-state index in [1.807, 2.05) is 32.2 Å². The van der Waals surface area contributed by atoms with E-state index in [2.05, 4.69) is 12.1 Å². The number of rotatable bonds is 6. The van der Waals surface area contributed by atoms with Crippen LogP contribution in [0, 0.1) is 5.82 Å². The van der Waals surface area contributed by atoms with Crippen molar-refractivity contribution in [1.82, 2.24) is 0 Å². The average Bonchev–Trinajstić information content (AvgIpc) is 2.48. The minimum Gasteiger partial charge on any atom is -0.453 e. The summed E-state index contributed by atoms with van der Waals surface area (Å²) in [5, 5.41) is 0. The van der Waals surface area contributed by atoms with Gasteiger partial charge >= 0.3 is 5.97 Å². The molecule has 0 saturated carbocycles. The van der Waals surface area contributed by atoms with Crippen LogP contribution in [-0.2, 0) is 11.3 Å². The number of likely N-dealkylation sites (N-methyl/N-ethyl adjacent to an activating group) is 1. The predicted octanol–water partition coefficient (Wildman–Crippen LogP) is 2.09.